The number of pyridine rings is 2. The smallest absolute Gasteiger partial charge is 0.352 e. The first-order chi connectivity index (χ1) is 18.8. The van der Waals surface area contributed by atoms with E-state index in [0.29, 0.717) is 20.6 Å². The summed E-state index contributed by atoms with van der Waals surface area (Å²) in [4.78, 5) is 46.2. The zero-order chi connectivity index (χ0) is 27.5. The van der Waals surface area contributed by atoms with Gasteiger partial charge < -0.3 is 10.1 Å². The van der Waals surface area contributed by atoms with Gasteiger partial charge in [0.1, 0.15) is 17.3 Å². The van der Waals surface area contributed by atoms with Crippen molar-refractivity contribution in [1.82, 2.24) is 24.3 Å². The Kier molecular flexibility index (Phi) is 6.74. The largest absolute Gasteiger partial charge is 0.454 e. The molecule has 5 rings (SSSR count). The van der Waals surface area contributed by atoms with Crippen LogP contribution in [0.1, 0.15) is 10.5 Å². The number of ether oxygens (including phenoxy) is 1. The number of rotatable bonds is 6. The summed E-state index contributed by atoms with van der Waals surface area (Å²) in [5.41, 5.74) is -1.60. The normalized spacial score (nSPS) is 10.7. The lowest BCUT2D eigenvalue weighted by molar-refractivity contribution is 0.101. The zero-order valence-corrected chi connectivity index (χ0v) is 20.2. The van der Waals surface area contributed by atoms with Crippen LogP contribution < -0.4 is 21.3 Å². The van der Waals surface area contributed by atoms with Gasteiger partial charge in [0.25, 0.3) is 11.5 Å². The standard InChI is InChI=1S/C27H18F2N6O4/c1-34-26(37)24(33-35(27(34)38)21-7-3-2-6-19(21)28)25(36)32-17-8-9-23(20(29)13-17)39-22-10-12-31-15-18(22)16-5-4-11-30-14-16/h2-15H,1H3,(H,32,36). The van der Waals surface area contributed by atoms with Gasteiger partial charge in [-0.1, -0.05) is 18.2 Å². The summed E-state index contributed by atoms with van der Waals surface area (Å²) in [6, 6.07) is 14.0. The topological polar surface area (TPSA) is 121 Å². The first kappa shape index (κ1) is 25.1. The zero-order valence-electron chi connectivity index (χ0n) is 20.2. The van der Waals surface area contributed by atoms with Crippen LogP contribution in [0, 0.1) is 11.6 Å². The predicted octanol–water partition coefficient (Wildman–Crippen LogP) is 3.71. The predicted molar refractivity (Wildman–Crippen MR) is 137 cm³/mol. The van der Waals surface area contributed by atoms with E-state index in [9.17, 15) is 23.2 Å². The quantitative estimate of drug-likeness (QED) is 0.357. The van der Waals surface area contributed by atoms with Crippen molar-refractivity contribution in [2.45, 2.75) is 0 Å². The molecule has 0 spiro atoms. The first-order valence-corrected chi connectivity index (χ1v) is 11.4. The monoisotopic (exact) mass is 528 g/mol. The molecule has 3 heterocycles. The summed E-state index contributed by atoms with van der Waals surface area (Å²) < 4.78 is 36.3. The number of benzene rings is 2. The van der Waals surface area contributed by atoms with Crippen molar-refractivity contribution in [3.8, 4) is 28.3 Å². The fourth-order valence-corrected chi connectivity index (χ4v) is 3.68. The van der Waals surface area contributed by atoms with Crippen molar-refractivity contribution < 1.29 is 18.3 Å². The molecule has 1 N–H and O–H groups in total. The Balaban J connectivity index is 1.42. The minimum atomic E-state index is -1.03. The molecule has 0 unspecified atom stereocenters. The molecule has 10 nitrogen and oxygen atoms in total. The van der Waals surface area contributed by atoms with Crippen LogP contribution in [0.25, 0.3) is 16.8 Å². The maximum Gasteiger partial charge on any atom is 0.352 e. The van der Waals surface area contributed by atoms with E-state index in [-0.39, 0.29) is 17.1 Å². The number of amides is 1. The van der Waals surface area contributed by atoms with Crippen molar-refractivity contribution in [3.63, 3.8) is 0 Å². The van der Waals surface area contributed by atoms with Gasteiger partial charge in [-0.3, -0.25) is 24.1 Å². The molecule has 39 heavy (non-hydrogen) atoms. The number of anilines is 1. The van der Waals surface area contributed by atoms with Gasteiger partial charge in [0.05, 0.1) is 0 Å². The van der Waals surface area contributed by atoms with Crippen LogP contribution in [0.4, 0.5) is 14.5 Å². The van der Waals surface area contributed by atoms with Crippen molar-refractivity contribution in [3.05, 3.63) is 124 Å². The molecule has 0 aliphatic rings. The Morgan fingerprint density at radius 2 is 1.69 bits per heavy atom. The van der Waals surface area contributed by atoms with E-state index in [2.05, 4.69) is 20.4 Å². The van der Waals surface area contributed by atoms with E-state index in [1.54, 1.807) is 36.8 Å². The highest BCUT2D eigenvalue weighted by Crippen LogP contribution is 2.33. The number of carbonyl (C=O) groups is 1. The van der Waals surface area contributed by atoms with Crippen LogP contribution in [0.5, 0.6) is 11.5 Å². The number of nitrogens with zero attached hydrogens (tertiary/aromatic N) is 5. The third-order valence-corrected chi connectivity index (χ3v) is 5.63. The van der Waals surface area contributed by atoms with E-state index in [1.165, 1.54) is 36.5 Å². The van der Waals surface area contributed by atoms with Crippen LogP contribution in [-0.2, 0) is 7.05 Å². The van der Waals surface area contributed by atoms with Crippen LogP contribution in [0.3, 0.4) is 0 Å². The summed E-state index contributed by atoms with van der Waals surface area (Å²) in [5.74, 6) is -2.42. The van der Waals surface area contributed by atoms with Gasteiger partial charge >= 0.3 is 5.69 Å². The molecule has 3 aromatic heterocycles. The highest BCUT2D eigenvalue weighted by Gasteiger charge is 2.21. The molecule has 0 aliphatic heterocycles. The second-order valence-corrected chi connectivity index (χ2v) is 8.17. The fourth-order valence-electron chi connectivity index (χ4n) is 3.68. The number of hydrogen-bond acceptors (Lipinski definition) is 7. The number of nitrogens with one attached hydrogen (secondary N) is 1. The van der Waals surface area contributed by atoms with Crippen LogP contribution in [0.15, 0.2) is 95.0 Å². The molecule has 0 fully saturated rings. The van der Waals surface area contributed by atoms with E-state index < -0.39 is 34.5 Å². The Hall–Kier alpha value is -5.52. The Bertz CT molecular complexity index is 1820. The molecular formula is C27H18F2N6O4. The highest BCUT2D eigenvalue weighted by atomic mass is 19.1. The number of aromatic nitrogens is 5. The van der Waals surface area contributed by atoms with E-state index in [1.807, 2.05) is 0 Å². The third kappa shape index (κ3) is 5.03. The average Bonchev–Trinajstić information content (AvgIpc) is 2.94. The third-order valence-electron chi connectivity index (χ3n) is 5.63. The molecule has 0 aliphatic carbocycles. The van der Waals surface area contributed by atoms with Gasteiger partial charge in [-0.05, 0) is 36.4 Å². The minimum Gasteiger partial charge on any atom is -0.454 e. The number of halogens is 2. The first-order valence-electron chi connectivity index (χ1n) is 11.4. The SMILES string of the molecule is Cn1c(=O)c(C(=O)Nc2ccc(Oc3ccncc3-c3cccnc3)c(F)c2)nn(-c2ccccc2F)c1=O. The van der Waals surface area contributed by atoms with Crippen molar-refractivity contribution >= 4 is 11.6 Å². The Labute approximate surface area is 218 Å². The average molecular weight is 528 g/mol. The van der Waals surface area contributed by atoms with Gasteiger partial charge in [-0.25, -0.2) is 13.6 Å². The molecule has 0 atom stereocenters. The Morgan fingerprint density at radius 3 is 2.44 bits per heavy atom. The molecule has 12 heteroatoms. The number of para-hydroxylation sites is 1. The lowest BCUT2D eigenvalue weighted by Crippen LogP contribution is -2.43. The van der Waals surface area contributed by atoms with Crippen LogP contribution >= 0.6 is 0 Å². The van der Waals surface area contributed by atoms with E-state index in [4.69, 9.17) is 4.74 Å². The summed E-state index contributed by atoms with van der Waals surface area (Å²) in [7, 11) is 1.13. The van der Waals surface area contributed by atoms with Gasteiger partial charge in [-0.2, -0.15) is 9.78 Å². The molecule has 0 radical (unpaired) electrons. The lowest BCUT2D eigenvalue weighted by Gasteiger charge is -2.13. The second kappa shape index (κ2) is 10.5. The van der Waals surface area contributed by atoms with E-state index in [0.717, 1.165) is 24.7 Å². The summed E-state index contributed by atoms with van der Waals surface area (Å²) in [6.07, 6.45) is 6.29. The Morgan fingerprint density at radius 1 is 0.897 bits per heavy atom. The van der Waals surface area contributed by atoms with Gasteiger partial charge in [-0.15, -0.1) is 0 Å². The minimum absolute atomic E-state index is 0.0143. The van der Waals surface area contributed by atoms with Crippen molar-refractivity contribution in [2.75, 3.05) is 5.32 Å². The molecular weight excluding hydrogens is 510 g/mol. The summed E-state index contributed by atoms with van der Waals surface area (Å²) >= 11 is 0. The van der Waals surface area contributed by atoms with Crippen LogP contribution in [-0.4, -0.2) is 30.2 Å². The molecule has 0 saturated carbocycles. The van der Waals surface area contributed by atoms with Gasteiger partial charge in [0.15, 0.2) is 11.6 Å². The number of hydrogen-bond donors (Lipinski definition) is 1. The lowest BCUT2D eigenvalue weighted by atomic mass is 10.1. The molecule has 194 valence electrons. The highest BCUT2D eigenvalue weighted by molar-refractivity contribution is 6.02. The molecule has 2 aromatic carbocycles. The fraction of sp³-hybridized carbons (Fsp3) is 0.0370. The molecule has 5 aromatic rings. The molecule has 0 bridgehead atoms. The maximum absolute atomic E-state index is 15.0. The van der Waals surface area contributed by atoms with Crippen LogP contribution in [0.2, 0.25) is 0 Å². The van der Waals surface area contributed by atoms with Gasteiger partial charge in [0, 0.05) is 54.7 Å². The molecule has 0 saturated heterocycles. The van der Waals surface area contributed by atoms with E-state index >= 15 is 0 Å². The van der Waals surface area contributed by atoms with Crippen molar-refractivity contribution in [1.29, 1.82) is 0 Å². The number of carbonyl (C=O) groups excluding carboxylic acids is 1. The summed E-state index contributed by atoms with van der Waals surface area (Å²) in [5, 5.41) is 6.15. The second-order valence-electron chi connectivity index (χ2n) is 8.17. The molecule has 1 amide bonds. The maximum atomic E-state index is 15.0. The van der Waals surface area contributed by atoms with Gasteiger partial charge in [0.2, 0.25) is 5.69 Å². The van der Waals surface area contributed by atoms with Crippen molar-refractivity contribution in [2.24, 2.45) is 7.05 Å². The summed E-state index contributed by atoms with van der Waals surface area (Å²) in [6.45, 7) is 0.